The molecule has 8 heteroatoms. The van der Waals surface area contributed by atoms with Gasteiger partial charge in [0.2, 0.25) is 0 Å². The van der Waals surface area contributed by atoms with Crippen molar-refractivity contribution in [2.75, 3.05) is 19.0 Å². The fourth-order valence-corrected chi connectivity index (χ4v) is 5.11. The van der Waals surface area contributed by atoms with Crippen molar-refractivity contribution < 1.29 is 14.3 Å². The summed E-state index contributed by atoms with van der Waals surface area (Å²) in [6, 6.07) is 13.3. The lowest BCUT2D eigenvalue weighted by Gasteiger charge is -2.35. The van der Waals surface area contributed by atoms with Gasteiger partial charge < -0.3 is 20.2 Å². The van der Waals surface area contributed by atoms with E-state index in [4.69, 9.17) is 4.74 Å². The number of hydrogen-bond acceptors (Lipinski definition) is 6. The summed E-state index contributed by atoms with van der Waals surface area (Å²) in [6.07, 6.45) is 1.91. The molecule has 3 rings (SSSR count). The number of benzene rings is 2. The third-order valence-corrected chi connectivity index (χ3v) is 11.1. The molecule has 2 aromatic carbocycles. The minimum atomic E-state index is -2.21. The van der Waals surface area contributed by atoms with Crippen LogP contribution in [0.25, 0.3) is 11.3 Å². The van der Waals surface area contributed by atoms with Crippen LogP contribution in [0.1, 0.15) is 47.6 Å². The Bertz CT molecular complexity index is 1150. The highest BCUT2D eigenvalue weighted by atomic mass is 32.1. The van der Waals surface area contributed by atoms with E-state index in [1.165, 1.54) is 0 Å². The monoisotopic (exact) mass is 511 g/mol. The number of nitrogens with one attached hydrogen (secondary N) is 2. The Morgan fingerprint density at radius 2 is 1.97 bits per heavy atom. The average molecular weight is 512 g/mol. The molecule has 0 aliphatic carbocycles. The number of ether oxygens (including phenoxy) is 1. The maximum atomic E-state index is 13.2. The Morgan fingerprint density at radius 1 is 1.20 bits per heavy atom. The molecule has 0 fully saturated rings. The lowest BCUT2D eigenvalue weighted by atomic mass is 10.0. The molecule has 0 atom stereocenters. The minimum Gasteiger partial charge on any atom is -0.497 e. The van der Waals surface area contributed by atoms with Gasteiger partial charge in [-0.2, -0.15) is 0 Å². The largest absolute Gasteiger partial charge is 0.497 e. The number of thiazole rings is 1. The molecule has 3 aromatic rings. The first kappa shape index (κ1) is 27.1. The molecule has 35 heavy (non-hydrogen) atoms. The standard InChI is InChI=1S/C27H37N3O3SSi/c1-19-29-25(18-34-19)20-9-7-10-22(15-20)30-26(31)24-12-11-23(33-4)16-21(24)17-28-14-8-13-27(2,3)35(5,6)32/h7,9-12,15-16,18,28,32H,8,13-14,17H2,1-6H3,(H,30,31). The number of carbonyl (C=O) groups is 1. The van der Waals surface area contributed by atoms with Crippen molar-refractivity contribution in [1.29, 1.82) is 0 Å². The number of methoxy groups -OCH3 is 1. The molecule has 0 aliphatic rings. The van der Waals surface area contributed by atoms with E-state index in [1.54, 1.807) is 18.4 Å². The molecule has 0 spiro atoms. The van der Waals surface area contributed by atoms with Crippen LogP contribution < -0.4 is 15.4 Å². The van der Waals surface area contributed by atoms with Gasteiger partial charge in [0.05, 0.1) is 17.8 Å². The molecule has 0 bridgehead atoms. The molecular formula is C27H37N3O3SSi. The molecule has 0 aliphatic heterocycles. The van der Waals surface area contributed by atoms with Crippen LogP contribution in [0.15, 0.2) is 47.8 Å². The van der Waals surface area contributed by atoms with Crippen molar-refractivity contribution in [2.45, 2.75) is 58.3 Å². The first-order chi connectivity index (χ1) is 16.5. The molecule has 0 radical (unpaired) electrons. The highest BCUT2D eigenvalue weighted by Crippen LogP contribution is 2.39. The maximum Gasteiger partial charge on any atom is 0.255 e. The number of amides is 1. The number of nitrogens with zero attached hydrogens (tertiary/aromatic N) is 1. The van der Waals surface area contributed by atoms with Gasteiger partial charge in [0.15, 0.2) is 8.32 Å². The van der Waals surface area contributed by atoms with Crippen LogP contribution in [-0.4, -0.2) is 37.7 Å². The molecule has 0 saturated carbocycles. The molecule has 3 N–H and O–H groups in total. The number of anilines is 1. The van der Waals surface area contributed by atoms with Gasteiger partial charge in [0, 0.05) is 28.7 Å². The summed E-state index contributed by atoms with van der Waals surface area (Å²) in [5.74, 6) is 0.554. The first-order valence-corrected chi connectivity index (χ1v) is 15.8. The van der Waals surface area contributed by atoms with Gasteiger partial charge >= 0.3 is 0 Å². The van der Waals surface area contributed by atoms with Gasteiger partial charge in [0.1, 0.15) is 5.75 Å². The summed E-state index contributed by atoms with van der Waals surface area (Å²) < 4.78 is 5.40. The zero-order chi connectivity index (χ0) is 25.6. The highest BCUT2D eigenvalue weighted by Gasteiger charge is 2.37. The number of aryl methyl sites for hydroxylation is 1. The molecule has 6 nitrogen and oxygen atoms in total. The second-order valence-electron chi connectivity index (χ2n) is 10.0. The van der Waals surface area contributed by atoms with Gasteiger partial charge in [-0.1, -0.05) is 26.0 Å². The van der Waals surface area contributed by atoms with Gasteiger partial charge in [0.25, 0.3) is 5.91 Å². The maximum absolute atomic E-state index is 13.2. The summed E-state index contributed by atoms with van der Waals surface area (Å²) in [6.45, 7) is 11.6. The van der Waals surface area contributed by atoms with E-state index in [2.05, 4.69) is 29.5 Å². The number of hydrogen-bond donors (Lipinski definition) is 3. The number of rotatable bonds is 11. The third kappa shape index (κ3) is 7.24. The van der Waals surface area contributed by atoms with Gasteiger partial charge in [-0.05, 0) is 80.3 Å². The van der Waals surface area contributed by atoms with Crippen LogP contribution in [0.2, 0.25) is 18.1 Å². The summed E-state index contributed by atoms with van der Waals surface area (Å²) in [7, 11) is -0.582. The third-order valence-electron chi connectivity index (χ3n) is 6.72. The predicted octanol–water partition coefficient (Wildman–Crippen LogP) is 6.23. The lowest BCUT2D eigenvalue weighted by Crippen LogP contribution is -2.39. The summed E-state index contributed by atoms with van der Waals surface area (Å²) in [4.78, 5) is 28.2. The number of aromatic nitrogens is 1. The summed E-state index contributed by atoms with van der Waals surface area (Å²) in [5, 5.41) is 9.49. The Hall–Kier alpha value is -2.52. The van der Waals surface area contributed by atoms with E-state index in [1.807, 2.05) is 67.9 Å². The van der Waals surface area contributed by atoms with Crippen LogP contribution in [0.3, 0.4) is 0 Å². The van der Waals surface area contributed by atoms with Crippen LogP contribution in [0, 0.1) is 6.92 Å². The Labute approximate surface area is 213 Å². The Morgan fingerprint density at radius 3 is 2.63 bits per heavy atom. The lowest BCUT2D eigenvalue weighted by molar-refractivity contribution is 0.102. The SMILES string of the molecule is COc1ccc(C(=O)Nc2cccc(-c3csc(C)n3)c2)c(CNCCCC(C)(C)[Si](C)(C)O)c1. The molecule has 1 amide bonds. The average Bonchev–Trinajstić information content (AvgIpc) is 3.24. The van der Waals surface area contributed by atoms with E-state index in [9.17, 15) is 9.59 Å². The number of carbonyl (C=O) groups excluding carboxylic acids is 1. The zero-order valence-electron chi connectivity index (χ0n) is 21.6. The molecule has 188 valence electrons. The zero-order valence-corrected chi connectivity index (χ0v) is 23.4. The van der Waals surface area contributed by atoms with Crippen molar-refractivity contribution in [2.24, 2.45) is 0 Å². The quantitative estimate of drug-likeness (QED) is 0.210. The van der Waals surface area contributed by atoms with Crippen molar-refractivity contribution >= 4 is 31.2 Å². The molecule has 1 heterocycles. The normalized spacial score (nSPS) is 12.0. The molecular weight excluding hydrogens is 474 g/mol. The van der Waals surface area contributed by atoms with Crippen molar-refractivity contribution in [1.82, 2.24) is 10.3 Å². The topological polar surface area (TPSA) is 83.5 Å². The second kappa shape index (κ2) is 11.5. The molecule has 1 aromatic heterocycles. The first-order valence-electron chi connectivity index (χ1n) is 11.9. The molecule has 0 unspecified atom stereocenters. The Kier molecular flexibility index (Phi) is 8.88. The fraction of sp³-hybridized carbons (Fsp3) is 0.407. The minimum absolute atomic E-state index is 0.0402. The van der Waals surface area contributed by atoms with Gasteiger partial charge in [-0.25, -0.2) is 4.98 Å². The van der Waals surface area contributed by atoms with Crippen LogP contribution in [0.5, 0.6) is 5.75 Å². The van der Waals surface area contributed by atoms with E-state index in [-0.39, 0.29) is 10.9 Å². The predicted molar refractivity (Wildman–Crippen MR) is 148 cm³/mol. The van der Waals surface area contributed by atoms with Crippen molar-refractivity contribution in [3.63, 3.8) is 0 Å². The smallest absolute Gasteiger partial charge is 0.255 e. The fourth-order valence-electron chi connectivity index (χ4n) is 3.70. The summed E-state index contributed by atoms with van der Waals surface area (Å²) >= 11 is 1.61. The van der Waals surface area contributed by atoms with E-state index in [0.717, 1.165) is 46.9 Å². The van der Waals surface area contributed by atoms with Crippen LogP contribution >= 0.6 is 11.3 Å². The van der Waals surface area contributed by atoms with Gasteiger partial charge in [-0.15, -0.1) is 11.3 Å². The van der Waals surface area contributed by atoms with E-state index < -0.39 is 8.32 Å². The summed E-state index contributed by atoms with van der Waals surface area (Å²) in [5.41, 5.74) is 4.10. The van der Waals surface area contributed by atoms with Crippen molar-refractivity contribution in [3.05, 3.63) is 64.0 Å². The second-order valence-corrected chi connectivity index (χ2v) is 15.6. The Balaban J connectivity index is 1.67. The van der Waals surface area contributed by atoms with Crippen molar-refractivity contribution in [3.8, 4) is 17.0 Å². The van der Waals surface area contributed by atoms with Crippen LogP contribution in [-0.2, 0) is 6.54 Å². The van der Waals surface area contributed by atoms with E-state index >= 15 is 0 Å². The van der Waals surface area contributed by atoms with Gasteiger partial charge in [-0.3, -0.25) is 4.79 Å². The molecule has 0 saturated heterocycles. The van der Waals surface area contributed by atoms with E-state index in [0.29, 0.717) is 17.9 Å². The highest BCUT2D eigenvalue weighted by molar-refractivity contribution is 7.09. The van der Waals surface area contributed by atoms with Crippen LogP contribution in [0.4, 0.5) is 5.69 Å².